The van der Waals surface area contributed by atoms with E-state index in [1.807, 2.05) is 14.1 Å². The number of nitrogens with one attached hydrogen (secondary N) is 2. The Morgan fingerprint density at radius 1 is 1.24 bits per heavy atom. The van der Waals surface area contributed by atoms with E-state index in [9.17, 15) is 4.79 Å². The van der Waals surface area contributed by atoms with E-state index in [1.165, 1.54) is 11.9 Å². The van der Waals surface area contributed by atoms with E-state index >= 15 is 0 Å². The van der Waals surface area contributed by atoms with Crippen molar-refractivity contribution >= 4 is 11.6 Å². The van der Waals surface area contributed by atoms with Gasteiger partial charge < -0.3 is 10.2 Å². The molecule has 21 heavy (non-hydrogen) atoms. The number of H-pyrrole nitrogens is 1. The van der Waals surface area contributed by atoms with Crippen LogP contribution in [0.15, 0.2) is 30.6 Å². The number of amides is 1. The van der Waals surface area contributed by atoms with Crippen molar-refractivity contribution < 1.29 is 4.79 Å². The molecule has 6 heteroatoms. The molecular formula is C15H21N5O. The molecule has 0 aliphatic rings. The molecule has 0 bridgehead atoms. The number of rotatable bonds is 7. The van der Waals surface area contributed by atoms with Gasteiger partial charge in [-0.25, -0.2) is 4.98 Å². The molecule has 0 aliphatic carbocycles. The molecule has 1 heterocycles. The Morgan fingerprint density at radius 2 is 2.00 bits per heavy atom. The largest absolute Gasteiger partial charge is 0.378 e. The first-order chi connectivity index (χ1) is 10.1. The van der Waals surface area contributed by atoms with Crippen LogP contribution in [-0.4, -0.2) is 41.7 Å². The summed E-state index contributed by atoms with van der Waals surface area (Å²) in [6.45, 7) is 0.577. The molecule has 2 N–H and O–H groups in total. The highest BCUT2D eigenvalue weighted by atomic mass is 16.1. The SMILES string of the molecule is CN(C)c1ccc(CCC(=O)NCCc2ncn[nH]2)cc1. The maximum absolute atomic E-state index is 11.8. The quantitative estimate of drug-likeness (QED) is 0.801. The summed E-state index contributed by atoms with van der Waals surface area (Å²) in [5, 5.41) is 9.42. The van der Waals surface area contributed by atoms with Gasteiger partial charge in [-0.05, 0) is 24.1 Å². The Morgan fingerprint density at radius 3 is 2.62 bits per heavy atom. The summed E-state index contributed by atoms with van der Waals surface area (Å²) in [5.41, 5.74) is 2.33. The summed E-state index contributed by atoms with van der Waals surface area (Å²) >= 11 is 0. The fraction of sp³-hybridized carbons (Fsp3) is 0.400. The minimum atomic E-state index is 0.0613. The Hall–Kier alpha value is -2.37. The molecular weight excluding hydrogens is 266 g/mol. The number of carbonyl (C=O) groups excluding carboxylic acids is 1. The van der Waals surface area contributed by atoms with Crippen LogP contribution in [0.4, 0.5) is 5.69 Å². The van der Waals surface area contributed by atoms with Gasteiger partial charge in [0, 0.05) is 39.2 Å². The smallest absolute Gasteiger partial charge is 0.220 e. The molecule has 1 aromatic carbocycles. The van der Waals surface area contributed by atoms with Crippen molar-refractivity contribution in [1.29, 1.82) is 0 Å². The Labute approximate surface area is 124 Å². The van der Waals surface area contributed by atoms with Gasteiger partial charge in [0.25, 0.3) is 0 Å². The van der Waals surface area contributed by atoms with E-state index in [1.54, 1.807) is 0 Å². The van der Waals surface area contributed by atoms with Crippen molar-refractivity contribution in [2.45, 2.75) is 19.3 Å². The second-order valence-corrected chi connectivity index (χ2v) is 5.09. The predicted molar refractivity (Wildman–Crippen MR) is 82.2 cm³/mol. The van der Waals surface area contributed by atoms with Gasteiger partial charge in [-0.1, -0.05) is 12.1 Å². The highest BCUT2D eigenvalue weighted by molar-refractivity contribution is 5.76. The summed E-state index contributed by atoms with van der Waals surface area (Å²) in [4.78, 5) is 17.8. The van der Waals surface area contributed by atoms with E-state index in [0.717, 1.165) is 17.9 Å². The Balaban J connectivity index is 1.68. The van der Waals surface area contributed by atoms with E-state index in [-0.39, 0.29) is 5.91 Å². The lowest BCUT2D eigenvalue weighted by molar-refractivity contribution is -0.121. The molecule has 112 valence electrons. The first-order valence-electron chi connectivity index (χ1n) is 7.02. The van der Waals surface area contributed by atoms with Crippen molar-refractivity contribution in [3.63, 3.8) is 0 Å². The lowest BCUT2D eigenvalue weighted by Crippen LogP contribution is -2.26. The van der Waals surface area contributed by atoms with E-state index in [4.69, 9.17) is 0 Å². The molecule has 0 saturated carbocycles. The van der Waals surface area contributed by atoms with Crippen LogP contribution in [0.25, 0.3) is 0 Å². The van der Waals surface area contributed by atoms with Crippen molar-refractivity contribution in [2.24, 2.45) is 0 Å². The molecule has 0 saturated heterocycles. The zero-order chi connectivity index (χ0) is 15.1. The number of hydrogen-bond donors (Lipinski definition) is 2. The maximum atomic E-state index is 11.8. The summed E-state index contributed by atoms with van der Waals surface area (Å²) in [6, 6.07) is 8.27. The van der Waals surface area contributed by atoms with Crippen LogP contribution < -0.4 is 10.2 Å². The van der Waals surface area contributed by atoms with Gasteiger partial charge in [-0.2, -0.15) is 5.10 Å². The van der Waals surface area contributed by atoms with Crippen LogP contribution in [0, 0.1) is 0 Å². The number of aromatic nitrogens is 3. The molecule has 0 aliphatic heterocycles. The molecule has 6 nitrogen and oxygen atoms in total. The van der Waals surface area contributed by atoms with E-state index < -0.39 is 0 Å². The molecule has 0 atom stereocenters. The third-order valence-corrected chi connectivity index (χ3v) is 3.24. The number of aromatic amines is 1. The van der Waals surface area contributed by atoms with Gasteiger partial charge in [-0.3, -0.25) is 9.89 Å². The zero-order valence-corrected chi connectivity index (χ0v) is 12.5. The minimum absolute atomic E-state index is 0.0613. The number of carbonyl (C=O) groups is 1. The first-order valence-corrected chi connectivity index (χ1v) is 7.02. The summed E-state index contributed by atoms with van der Waals surface area (Å²) in [6.07, 6.45) is 3.39. The van der Waals surface area contributed by atoms with Crippen LogP contribution >= 0.6 is 0 Å². The Kier molecular flexibility index (Phi) is 5.31. The number of hydrogen-bond acceptors (Lipinski definition) is 4. The molecule has 0 unspecified atom stereocenters. The predicted octanol–water partition coefficient (Wildman–Crippen LogP) is 1.16. The third kappa shape index (κ3) is 4.91. The van der Waals surface area contributed by atoms with E-state index in [0.29, 0.717) is 19.4 Å². The monoisotopic (exact) mass is 287 g/mol. The summed E-state index contributed by atoms with van der Waals surface area (Å²) in [7, 11) is 4.02. The topological polar surface area (TPSA) is 73.9 Å². The molecule has 2 aromatic rings. The van der Waals surface area contributed by atoms with Crippen molar-refractivity contribution in [3.8, 4) is 0 Å². The molecule has 2 rings (SSSR count). The second-order valence-electron chi connectivity index (χ2n) is 5.09. The highest BCUT2D eigenvalue weighted by Crippen LogP contribution is 2.13. The molecule has 1 amide bonds. The summed E-state index contributed by atoms with van der Waals surface area (Å²) in [5.74, 6) is 0.848. The minimum Gasteiger partial charge on any atom is -0.378 e. The second kappa shape index (κ2) is 7.42. The van der Waals surface area contributed by atoms with Crippen molar-refractivity contribution in [2.75, 3.05) is 25.5 Å². The summed E-state index contributed by atoms with van der Waals surface area (Å²) < 4.78 is 0. The van der Waals surface area contributed by atoms with Crippen LogP contribution in [0.2, 0.25) is 0 Å². The number of nitrogens with zero attached hydrogens (tertiary/aromatic N) is 3. The van der Waals surface area contributed by atoms with Crippen LogP contribution in [0.3, 0.4) is 0 Å². The average Bonchev–Trinajstić information content (AvgIpc) is 2.99. The lowest BCUT2D eigenvalue weighted by Gasteiger charge is -2.12. The Bertz CT molecular complexity index is 548. The van der Waals surface area contributed by atoms with Gasteiger partial charge in [0.2, 0.25) is 5.91 Å². The fourth-order valence-corrected chi connectivity index (χ4v) is 1.98. The zero-order valence-electron chi connectivity index (χ0n) is 12.5. The van der Waals surface area contributed by atoms with Gasteiger partial charge in [0.15, 0.2) is 0 Å². The van der Waals surface area contributed by atoms with Gasteiger partial charge in [0.05, 0.1) is 0 Å². The van der Waals surface area contributed by atoms with Crippen molar-refractivity contribution in [3.05, 3.63) is 42.0 Å². The normalized spacial score (nSPS) is 10.4. The fourth-order valence-electron chi connectivity index (χ4n) is 1.98. The van der Waals surface area contributed by atoms with Gasteiger partial charge >= 0.3 is 0 Å². The molecule has 1 aromatic heterocycles. The van der Waals surface area contributed by atoms with Crippen LogP contribution in [0.5, 0.6) is 0 Å². The standard InChI is InChI=1S/C15H21N5O/c1-20(2)13-6-3-12(4-7-13)5-8-15(21)16-10-9-14-17-11-18-19-14/h3-4,6-7,11H,5,8-10H2,1-2H3,(H,16,21)(H,17,18,19). The first kappa shape index (κ1) is 15.0. The van der Waals surface area contributed by atoms with Crippen LogP contribution in [-0.2, 0) is 17.6 Å². The van der Waals surface area contributed by atoms with Crippen molar-refractivity contribution in [1.82, 2.24) is 20.5 Å². The van der Waals surface area contributed by atoms with Gasteiger partial charge in [-0.15, -0.1) is 0 Å². The number of benzene rings is 1. The average molecular weight is 287 g/mol. The highest BCUT2D eigenvalue weighted by Gasteiger charge is 2.03. The van der Waals surface area contributed by atoms with Gasteiger partial charge in [0.1, 0.15) is 12.2 Å². The molecule has 0 fully saturated rings. The number of anilines is 1. The lowest BCUT2D eigenvalue weighted by atomic mass is 10.1. The molecule has 0 radical (unpaired) electrons. The van der Waals surface area contributed by atoms with Crippen LogP contribution in [0.1, 0.15) is 17.8 Å². The van der Waals surface area contributed by atoms with E-state index in [2.05, 4.69) is 49.7 Å². The number of aryl methyl sites for hydroxylation is 1. The molecule has 0 spiro atoms. The third-order valence-electron chi connectivity index (χ3n) is 3.24. The maximum Gasteiger partial charge on any atom is 0.220 e.